The SMILES string of the molecule is C=CCC/C(=C\C)c1ccc2nc(NCCN3CCOCC3)c(=O)n(Cc3ccc(OC)cc3)c2n1.CCC. The standard InChI is InChI=1S/C28H35N5O3.C3H8/c1-4-6-7-22(5-2)24-12-13-25-27(31-24)33(20-21-8-10-23(35-3)11-9-21)28(34)26(30-25)29-14-15-32-16-18-36-19-17-32;1-3-2/h4-5,8-13H,1,6-7,14-20H2,2-3H3,(H,29,30);3H2,1-2H3/b22-5+;. The molecule has 0 spiro atoms. The molecule has 1 saturated heterocycles. The van der Waals surface area contributed by atoms with Crippen LogP contribution in [0, 0.1) is 0 Å². The molecule has 0 bridgehead atoms. The van der Waals surface area contributed by atoms with Gasteiger partial charge in [0.15, 0.2) is 11.5 Å². The molecule has 3 heterocycles. The number of hydrogen-bond donors (Lipinski definition) is 1. The monoisotopic (exact) mass is 533 g/mol. The van der Waals surface area contributed by atoms with E-state index in [0.29, 0.717) is 30.1 Å². The first-order valence-electron chi connectivity index (χ1n) is 13.9. The molecule has 4 rings (SSSR count). The Hall–Kier alpha value is -3.49. The molecule has 1 N–H and O–H groups in total. The first-order chi connectivity index (χ1) is 19.0. The zero-order valence-corrected chi connectivity index (χ0v) is 23.9. The Balaban J connectivity index is 0.00000134. The van der Waals surface area contributed by atoms with Gasteiger partial charge in [-0.15, -0.1) is 6.58 Å². The Labute approximate surface area is 232 Å². The number of nitrogens with one attached hydrogen (secondary N) is 1. The Morgan fingerprint density at radius 1 is 1.13 bits per heavy atom. The molecule has 2 aromatic heterocycles. The van der Waals surface area contributed by atoms with Crippen LogP contribution in [0.5, 0.6) is 5.75 Å². The molecule has 1 aliphatic rings. The van der Waals surface area contributed by atoms with Gasteiger partial charge < -0.3 is 14.8 Å². The number of methoxy groups -OCH3 is 1. The lowest BCUT2D eigenvalue weighted by molar-refractivity contribution is 0.0398. The van der Waals surface area contributed by atoms with Crippen LogP contribution in [0.3, 0.4) is 0 Å². The highest BCUT2D eigenvalue weighted by Crippen LogP contribution is 2.22. The van der Waals surface area contributed by atoms with Crippen LogP contribution in [0.25, 0.3) is 16.7 Å². The van der Waals surface area contributed by atoms with E-state index in [-0.39, 0.29) is 5.56 Å². The molecule has 0 aliphatic carbocycles. The Kier molecular flexibility index (Phi) is 12.2. The summed E-state index contributed by atoms with van der Waals surface area (Å²) in [5.74, 6) is 1.12. The van der Waals surface area contributed by atoms with Crippen LogP contribution in [0.2, 0.25) is 0 Å². The molecular weight excluding hydrogens is 490 g/mol. The zero-order chi connectivity index (χ0) is 28.0. The highest BCUT2D eigenvalue weighted by molar-refractivity contribution is 5.76. The van der Waals surface area contributed by atoms with E-state index in [1.807, 2.05) is 49.4 Å². The van der Waals surface area contributed by atoms with Crippen LogP contribution in [0.4, 0.5) is 5.82 Å². The minimum absolute atomic E-state index is 0.182. The molecule has 0 unspecified atom stereocenters. The van der Waals surface area contributed by atoms with Gasteiger partial charge in [-0.3, -0.25) is 14.3 Å². The molecule has 8 heteroatoms. The summed E-state index contributed by atoms with van der Waals surface area (Å²) < 4.78 is 12.4. The number of hydrogen-bond acceptors (Lipinski definition) is 7. The van der Waals surface area contributed by atoms with Crippen molar-refractivity contribution in [1.82, 2.24) is 19.4 Å². The van der Waals surface area contributed by atoms with E-state index in [1.54, 1.807) is 11.7 Å². The van der Waals surface area contributed by atoms with Crippen molar-refractivity contribution in [3.63, 3.8) is 0 Å². The van der Waals surface area contributed by atoms with Gasteiger partial charge in [-0.05, 0) is 55.2 Å². The average molecular weight is 534 g/mol. The van der Waals surface area contributed by atoms with Crippen LogP contribution in [-0.2, 0) is 11.3 Å². The quantitative estimate of drug-likeness (QED) is 0.332. The molecule has 0 radical (unpaired) electrons. The summed E-state index contributed by atoms with van der Waals surface area (Å²) in [7, 11) is 1.64. The summed E-state index contributed by atoms with van der Waals surface area (Å²) in [6.07, 6.45) is 6.93. The highest BCUT2D eigenvalue weighted by Gasteiger charge is 2.16. The number of anilines is 1. The number of ether oxygens (including phenoxy) is 2. The van der Waals surface area contributed by atoms with Gasteiger partial charge >= 0.3 is 0 Å². The second-order valence-corrected chi connectivity index (χ2v) is 9.47. The number of morpholine rings is 1. The molecule has 1 aliphatic heterocycles. The predicted molar refractivity (Wildman–Crippen MR) is 161 cm³/mol. The van der Waals surface area contributed by atoms with Gasteiger partial charge in [-0.25, -0.2) is 9.97 Å². The van der Waals surface area contributed by atoms with Crippen molar-refractivity contribution >= 4 is 22.6 Å². The van der Waals surface area contributed by atoms with Crippen molar-refractivity contribution in [2.24, 2.45) is 0 Å². The molecule has 210 valence electrons. The van der Waals surface area contributed by atoms with E-state index >= 15 is 0 Å². The van der Waals surface area contributed by atoms with Crippen molar-refractivity contribution in [2.75, 3.05) is 51.8 Å². The lowest BCUT2D eigenvalue weighted by atomic mass is 10.1. The number of fused-ring (bicyclic) bond motifs is 1. The third kappa shape index (κ3) is 8.50. The molecule has 3 aromatic rings. The summed E-state index contributed by atoms with van der Waals surface area (Å²) in [5, 5.41) is 3.28. The maximum atomic E-state index is 13.6. The lowest BCUT2D eigenvalue weighted by Gasteiger charge is -2.26. The number of rotatable bonds is 11. The first kappa shape index (κ1) is 30.1. The van der Waals surface area contributed by atoms with Crippen LogP contribution < -0.4 is 15.6 Å². The highest BCUT2D eigenvalue weighted by atomic mass is 16.5. The average Bonchev–Trinajstić information content (AvgIpc) is 2.97. The normalized spacial score (nSPS) is 14.0. The first-order valence-corrected chi connectivity index (χ1v) is 13.9. The molecule has 8 nitrogen and oxygen atoms in total. The molecular formula is C31H43N5O3. The fraction of sp³-hybridized carbons (Fsp3) is 0.452. The molecule has 0 saturated carbocycles. The summed E-state index contributed by atoms with van der Waals surface area (Å²) in [5.41, 5.74) is 4.02. The van der Waals surface area contributed by atoms with Gasteiger partial charge in [-0.2, -0.15) is 0 Å². The molecule has 1 aromatic carbocycles. The van der Waals surface area contributed by atoms with Crippen molar-refractivity contribution in [3.8, 4) is 5.75 Å². The van der Waals surface area contributed by atoms with Gasteiger partial charge in [0.25, 0.3) is 5.56 Å². The van der Waals surface area contributed by atoms with Crippen molar-refractivity contribution < 1.29 is 9.47 Å². The van der Waals surface area contributed by atoms with E-state index in [0.717, 1.165) is 68.3 Å². The summed E-state index contributed by atoms with van der Waals surface area (Å²) in [4.78, 5) is 25.5. The second-order valence-electron chi connectivity index (χ2n) is 9.47. The maximum absolute atomic E-state index is 13.6. The third-order valence-corrected chi connectivity index (χ3v) is 6.41. The van der Waals surface area contributed by atoms with Crippen molar-refractivity contribution in [1.29, 1.82) is 0 Å². The number of pyridine rings is 1. The largest absolute Gasteiger partial charge is 0.497 e. The molecule has 0 atom stereocenters. The third-order valence-electron chi connectivity index (χ3n) is 6.41. The molecule has 1 fully saturated rings. The van der Waals surface area contributed by atoms with E-state index in [1.165, 1.54) is 6.42 Å². The minimum Gasteiger partial charge on any atom is -0.497 e. The predicted octanol–water partition coefficient (Wildman–Crippen LogP) is 5.38. The van der Waals surface area contributed by atoms with E-state index in [4.69, 9.17) is 14.5 Å². The number of aromatic nitrogens is 3. The molecule has 39 heavy (non-hydrogen) atoms. The summed E-state index contributed by atoms with van der Waals surface area (Å²) in [6, 6.07) is 11.7. The van der Waals surface area contributed by atoms with Crippen LogP contribution >= 0.6 is 0 Å². The Bertz CT molecular complexity index is 1280. The van der Waals surface area contributed by atoms with Crippen molar-refractivity contribution in [2.45, 2.75) is 46.6 Å². The number of allylic oxidation sites excluding steroid dienone is 3. The zero-order valence-electron chi connectivity index (χ0n) is 23.9. The smallest absolute Gasteiger partial charge is 0.295 e. The second kappa shape index (κ2) is 15.8. The Morgan fingerprint density at radius 2 is 1.85 bits per heavy atom. The van der Waals surface area contributed by atoms with Gasteiger partial charge in [0.2, 0.25) is 0 Å². The van der Waals surface area contributed by atoms with Crippen LogP contribution in [0.1, 0.15) is 51.3 Å². The van der Waals surface area contributed by atoms with Crippen LogP contribution in [-0.4, -0.2) is 65.9 Å². The lowest BCUT2D eigenvalue weighted by Crippen LogP contribution is -2.39. The Morgan fingerprint density at radius 3 is 2.49 bits per heavy atom. The number of nitrogens with zero attached hydrogens (tertiary/aromatic N) is 4. The minimum atomic E-state index is -0.182. The van der Waals surface area contributed by atoms with Gasteiger partial charge in [0.1, 0.15) is 11.3 Å². The van der Waals surface area contributed by atoms with E-state index in [9.17, 15) is 4.79 Å². The van der Waals surface area contributed by atoms with Gasteiger partial charge in [0.05, 0.1) is 32.6 Å². The van der Waals surface area contributed by atoms with Crippen LogP contribution in [0.15, 0.2) is 59.9 Å². The summed E-state index contributed by atoms with van der Waals surface area (Å²) >= 11 is 0. The fourth-order valence-corrected chi connectivity index (χ4v) is 4.31. The fourth-order valence-electron chi connectivity index (χ4n) is 4.31. The van der Waals surface area contributed by atoms with Crippen molar-refractivity contribution in [3.05, 3.63) is 76.7 Å². The number of benzene rings is 1. The van der Waals surface area contributed by atoms with E-state index < -0.39 is 0 Å². The maximum Gasteiger partial charge on any atom is 0.295 e. The summed E-state index contributed by atoms with van der Waals surface area (Å²) in [6.45, 7) is 15.2. The van der Waals surface area contributed by atoms with E-state index in [2.05, 4.69) is 41.7 Å². The topological polar surface area (TPSA) is 81.5 Å². The van der Waals surface area contributed by atoms with Gasteiger partial charge in [0, 0.05) is 26.2 Å². The van der Waals surface area contributed by atoms with Gasteiger partial charge in [-0.1, -0.05) is 44.6 Å². The molecule has 0 amide bonds.